The second-order valence-electron chi connectivity index (χ2n) is 24.2. The van der Waals surface area contributed by atoms with Crippen LogP contribution in [0.1, 0.15) is 354 Å². The Bertz CT molecular complexity index is 1150. The first-order valence-corrected chi connectivity index (χ1v) is 34.7. The fourth-order valence-corrected chi connectivity index (χ4v) is 11.0. The molecule has 0 radical (unpaired) electrons. The second kappa shape index (κ2) is 58.6. The van der Waals surface area contributed by atoms with Gasteiger partial charge in [0, 0.05) is 13.0 Å². The molecule has 0 aromatic carbocycles. The SMILES string of the molecule is CCCCCCCCCCCCCCCCCCCCCCCCCCCCCCCCCCCCCCC(=O)O[C@H](COCCCCCCCCCCCCCCCCCC)COP(=O)([O-])OCC[N+](C)(C)C. The number of phosphoric acid groups is 1. The van der Waals surface area contributed by atoms with Crippen molar-refractivity contribution in [1.82, 2.24) is 0 Å². The Kier molecular flexibility index (Phi) is 58.2. The van der Waals surface area contributed by atoms with Crippen molar-refractivity contribution >= 4 is 13.8 Å². The maximum Gasteiger partial charge on any atom is 0.306 e. The van der Waals surface area contributed by atoms with Crippen LogP contribution in [0.3, 0.4) is 0 Å². The summed E-state index contributed by atoms with van der Waals surface area (Å²) in [7, 11) is 1.38. The Labute approximate surface area is 463 Å². The van der Waals surface area contributed by atoms with E-state index < -0.39 is 13.9 Å². The number of esters is 1. The summed E-state index contributed by atoms with van der Waals surface area (Å²) in [5, 5.41) is 0. The molecule has 0 saturated heterocycles. The normalized spacial score (nSPS) is 13.2. The van der Waals surface area contributed by atoms with Gasteiger partial charge >= 0.3 is 5.97 Å². The summed E-state index contributed by atoms with van der Waals surface area (Å²) < 4.78 is 34.9. The summed E-state index contributed by atoms with van der Waals surface area (Å²) in [6.45, 7) is 5.51. The van der Waals surface area contributed by atoms with Gasteiger partial charge in [-0.25, -0.2) is 0 Å². The molecule has 0 fully saturated rings. The molecule has 0 amide bonds. The van der Waals surface area contributed by atoms with Crippen LogP contribution < -0.4 is 4.89 Å². The number of quaternary nitrogens is 1. The van der Waals surface area contributed by atoms with E-state index >= 15 is 0 Å². The van der Waals surface area contributed by atoms with Crippen LogP contribution in [0.25, 0.3) is 0 Å². The first kappa shape index (κ1) is 73.5. The summed E-state index contributed by atoms with van der Waals surface area (Å²) >= 11 is 0. The van der Waals surface area contributed by atoms with Crippen LogP contribution in [-0.2, 0) is 27.9 Å². The van der Waals surface area contributed by atoms with Crippen LogP contribution in [0.15, 0.2) is 0 Å². The molecule has 0 heterocycles. The third-order valence-corrected chi connectivity index (χ3v) is 16.4. The van der Waals surface area contributed by atoms with Gasteiger partial charge in [0.1, 0.15) is 19.3 Å². The highest BCUT2D eigenvalue weighted by Crippen LogP contribution is 2.38. The quantitative estimate of drug-likeness (QED) is 0.0259. The van der Waals surface area contributed by atoms with Crippen LogP contribution in [0.2, 0.25) is 0 Å². The molecular formula is C65H132NO7P. The van der Waals surface area contributed by atoms with Crippen molar-refractivity contribution in [3.8, 4) is 0 Å². The second-order valence-corrected chi connectivity index (χ2v) is 25.6. The highest BCUT2D eigenvalue weighted by molar-refractivity contribution is 7.45. The molecule has 2 atom stereocenters. The Balaban J connectivity index is 3.80. The summed E-state index contributed by atoms with van der Waals surface area (Å²) in [6.07, 6.45) is 70.5. The maximum atomic E-state index is 12.8. The Morgan fingerprint density at radius 1 is 0.365 bits per heavy atom. The molecule has 0 N–H and O–H groups in total. The van der Waals surface area contributed by atoms with E-state index in [9.17, 15) is 14.3 Å². The number of carbonyl (C=O) groups excluding carboxylic acids is 1. The van der Waals surface area contributed by atoms with Gasteiger partial charge in [0.05, 0.1) is 34.4 Å². The lowest BCUT2D eigenvalue weighted by Crippen LogP contribution is -2.37. The van der Waals surface area contributed by atoms with E-state index in [0.717, 1.165) is 32.1 Å². The van der Waals surface area contributed by atoms with Crippen molar-refractivity contribution in [2.24, 2.45) is 0 Å². The molecule has 74 heavy (non-hydrogen) atoms. The summed E-state index contributed by atoms with van der Waals surface area (Å²) in [5.74, 6) is -0.322. The molecule has 0 aliphatic heterocycles. The maximum absolute atomic E-state index is 12.8. The monoisotopic (exact) mass is 1070 g/mol. The van der Waals surface area contributed by atoms with Gasteiger partial charge in [0.15, 0.2) is 0 Å². The van der Waals surface area contributed by atoms with Gasteiger partial charge in [0.25, 0.3) is 7.82 Å². The van der Waals surface area contributed by atoms with Gasteiger partial charge in [-0.3, -0.25) is 9.36 Å². The van der Waals surface area contributed by atoms with Gasteiger partial charge < -0.3 is 27.9 Å². The molecule has 0 bridgehead atoms. The van der Waals surface area contributed by atoms with E-state index in [0.29, 0.717) is 24.1 Å². The number of rotatable bonds is 64. The number of ether oxygens (including phenoxy) is 2. The van der Waals surface area contributed by atoms with E-state index in [-0.39, 0.29) is 25.8 Å². The van der Waals surface area contributed by atoms with Gasteiger partial charge in [0.2, 0.25) is 0 Å². The standard InChI is InChI=1S/C65H132NO7P/c1-6-8-10-12-14-16-18-20-22-24-25-26-27-28-29-30-31-32-33-34-35-36-37-38-39-40-41-42-43-44-46-48-50-52-54-56-58-65(67)73-64(63-72-74(68,69)71-61-59-66(3,4)5)62-70-60-57-55-53-51-49-47-45-23-21-19-17-15-13-11-9-7-2/h64H,6-63H2,1-5H3/t64-/m1/s1. The minimum absolute atomic E-state index is 0.0320. The minimum Gasteiger partial charge on any atom is -0.756 e. The Morgan fingerprint density at radius 3 is 0.892 bits per heavy atom. The van der Waals surface area contributed by atoms with E-state index in [1.807, 2.05) is 21.1 Å². The molecule has 8 nitrogen and oxygen atoms in total. The number of hydrogen-bond acceptors (Lipinski definition) is 7. The zero-order valence-electron chi connectivity index (χ0n) is 50.8. The van der Waals surface area contributed by atoms with Gasteiger partial charge in [-0.1, -0.05) is 335 Å². The lowest BCUT2D eigenvalue weighted by molar-refractivity contribution is -0.870. The van der Waals surface area contributed by atoms with Crippen molar-refractivity contribution in [2.45, 2.75) is 360 Å². The highest BCUT2D eigenvalue weighted by atomic mass is 31.2. The van der Waals surface area contributed by atoms with E-state index in [1.54, 1.807) is 0 Å². The van der Waals surface area contributed by atoms with Gasteiger partial charge in [-0.15, -0.1) is 0 Å². The van der Waals surface area contributed by atoms with E-state index in [1.165, 1.54) is 302 Å². The van der Waals surface area contributed by atoms with Gasteiger partial charge in [-0.2, -0.15) is 0 Å². The third kappa shape index (κ3) is 62.3. The number of nitrogens with zero attached hydrogens (tertiary/aromatic N) is 1. The molecule has 1 unspecified atom stereocenters. The van der Waals surface area contributed by atoms with Crippen LogP contribution in [0, 0.1) is 0 Å². The van der Waals surface area contributed by atoms with E-state index in [4.69, 9.17) is 18.5 Å². The van der Waals surface area contributed by atoms with Gasteiger partial charge in [-0.05, 0) is 12.8 Å². The molecule has 0 aromatic heterocycles. The summed E-state index contributed by atoms with van der Waals surface area (Å²) in [5.41, 5.74) is 0. The summed E-state index contributed by atoms with van der Waals surface area (Å²) in [6, 6.07) is 0. The number of unbranched alkanes of at least 4 members (excludes halogenated alkanes) is 50. The van der Waals surface area contributed by atoms with Crippen LogP contribution >= 0.6 is 7.82 Å². The number of hydrogen-bond donors (Lipinski definition) is 0. The number of carbonyl (C=O) groups is 1. The lowest BCUT2D eigenvalue weighted by atomic mass is 10.0. The largest absolute Gasteiger partial charge is 0.756 e. The molecule has 0 saturated carbocycles. The molecule has 0 aliphatic carbocycles. The predicted octanol–water partition coefficient (Wildman–Crippen LogP) is 20.8. The van der Waals surface area contributed by atoms with Crippen LogP contribution in [-0.4, -0.2) is 70.7 Å². The van der Waals surface area contributed by atoms with Crippen LogP contribution in [0.4, 0.5) is 0 Å². The topological polar surface area (TPSA) is 94.1 Å². The first-order chi connectivity index (χ1) is 36.1. The fraction of sp³-hybridized carbons (Fsp3) is 0.985. The Morgan fingerprint density at radius 2 is 0.622 bits per heavy atom. The zero-order valence-corrected chi connectivity index (χ0v) is 51.7. The molecule has 9 heteroatoms. The van der Waals surface area contributed by atoms with Crippen molar-refractivity contribution in [1.29, 1.82) is 0 Å². The third-order valence-electron chi connectivity index (χ3n) is 15.4. The number of phosphoric ester groups is 1. The first-order valence-electron chi connectivity index (χ1n) is 33.3. The molecule has 0 aliphatic rings. The molecule has 444 valence electrons. The molecular weight excluding hydrogens is 938 g/mol. The van der Waals surface area contributed by atoms with Crippen molar-refractivity contribution in [2.75, 3.05) is 54.1 Å². The predicted molar refractivity (Wildman–Crippen MR) is 319 cm³/mol. The van der Waals surface area contributed by atoms with Crippen molar-refractivity contribution in [3.05, 3.63) is 0 Å². The summed E-state index contributed by atoms with van der Waals surface area (Å²) in [4.78, 5) is 25.3. The average Bonchev–Trinajstić information content (AvgIpc) is 3.37. The minimum atomic E-state index is -4.53. The lowest BCUT2D eigenvalue weighted by Gasteiger charge is -2.28. The molecule has 0 aromatic rings. The highest BCUT2D eigenvalue weighted by Gasteiger charge is 2.20. The average molecular weight is 1070 g/mol. The zero-order chi connectivity index (χ0) is 54.0. The smallest absolute Gasteiger partial charge is 0.306 e. The van der Waals surface area contributed by atoms with Crippen molar-refractivity contribution in [3.63, 3.8) is 0 Å². The van der Waals surface area contributed by atoms with Crippen LogP contribution in [0.5, 0.6) is 0 Å². The van der Waals surface area contributed by atoms with Crippen molar-refractivity contribution < 1.29 is 37.3 Å². The van der Waals surface area contributed by atoms with E-state index in [2.05, 4.69) is 13.8 Å². The molecule has 0 spiro atoms. The fourth-order valence-electron chi connectivity index (χ4n) is 10.3. The Hall–Kier alpha value is -0.500. The molecule has 0 rings (SSSR count). The number of likely N-dealkylation sites (N-methyl/N-ethyl adjacent to an activating group) is 1.